The Morgan fingerprint density at radius 1 is 1.29 bits per heavy atom. The molecule has 0 N–H and O–H groups in total. The summed E-state index contributed by atoms with van der Waals surface area (Å²) < 4.78 is 2.06. The molecule has 0 amide bonds. The van der Waals surface area contributed by atoms with Crippen LogP contribution in [0.5, 0.6) is 0 Å². The second kappa shape index (κ2) is 5.66. The van der Waals surface area contributed by atoms with Gasteiger partial charge in [-0.15, -0.1) is 11.6 Å². The number of rotatable bonds is 3. The third kappa shape index (κ3) is 2.52. The van der Waals surface area contributed by atoms with E-state index in [9.17, 15) is 0 Å². The lowest BCUT2D eigenvalue weighted by Crippen LogP contribution is -2.11. The van der Waals surface area contributed by atoms with E-state index < -0.39 is 0 Å². The Bertz CT molecular complexity index is 795. The number of halogens is 2. The molecule has 0 aliphatic carbocycles. The number of aromatic nitrogens is 3. The van der Waals surface area contributed by atoms with Crippen LogP contribution >= 0.6 is 23.2 Å². The molecule has 1 unspecified atom stereocenters. The van der Waals surface area contributed by atoms with Crippen LogP contribution in [-0.4, -0.2) is 14.5 Å². The zero-order valence-corrected chi connectivity index (χ0v) is 13.4. The highest BCUT2D eigenvalue weighted by atomic mass is 35.5. The van der Waals surface area contributed by atoms with E-state index in [4.69, 9.17) is 23.2 Å². The van der Waals surface area contributed by atoms with Gasteiger partial charge in [0.05, 0.1) is 11.9 Å². The molecule has 108 valence electrons. The van der Waals surface area contributed by atoms with Crippen molar-refractivity contribution in [2.24, 2.45) is 0 Å². The lowest BCUT2D eigenvalue weighted by molar-refractivity contribution is 0.629. The van der Waals surface area contributed by atoms with E-state index in [0.29, 0.717) is 5.88 Å². The molecule has 0 aliphatic heterocycles. The van der Waals surface area contributed by atoms with Crippen molar-refractivity contribution in [2.45, 2.75) is 25.8 Å². The number of aryl methyl sites for hydroxylation is 1. The van der Waals surface area contributed by atoms with Crippen molar-refractivity contribution >= 4 is 34.4 Å². The van der Waals surface area contributed by atoms with E-state index in [2.05, 4.69) is 21.5 Å². The number of pyridine rings is 1. The summed E-state index contributed by atoms with van der Waals surface area (Å²) in [7, 11) is 0. The van der Waals surface area contributed by atoms with Gasteiger partial charge in [-0.1, -0.05) is 29.8 Å². The molecule has 0 saturated heterocycles. The molecule has 0 bridgehead atoms. The van der Waals surface area contributed by atoms with Gasteiger partial charge in [0.2, 0.25) is 0 Å². The molecule has 0 saturated carbocycles. The highest BCUT2D eigenvalue weighted by Crippen LogP contribution is 2.30. The van der Waals surface area contributed by atoms with E-state index in [1.807, 2.05) is 43.5 Å². The lowest BCUT2D eigenvalue weighted by Gasteiger charge is -2.18. The fraction of sp³-hybridized carbons (Fsp3) is 0.250. The summed E-state index contributed by atoms with van der Waals surface area (Å²) in [4.78, 5) is 9.12. The zero-order valence-electron chi connectivity index (χ0n) is 11.8. The van der Waals surface area contributed by atoms with Gasteiger partial charge in [0.1, 0.15) is 11.3 Å². The van der Waals surface area contributed by atoms with Gasteiger partial charge >= 0.3 is 0 Å². The number of benzene rings is 1. The first-order chi connectivity index (χ1) is 10.1. The Balaban J connectivity index is 2.21. The van der Waals surface area contributed by atoms with Crippen LogP contribution in [0, 0.1) is 6.92 Å². The number of hydrogen-bond acceptors (Lipinski definition) is 2. The lowest BCUT2D eigenvalue weighted by atomic mass is 10.1. The first-order valence-corrected chi connectivity index (χ1v) is 7.67. The second-order valence-corrected chi connectivity index (χ2v) is 5.76. The molecule has 0 radical (unpaired) electrons. The smallest absolute Gasteiger partial charge is 0.160 e. The van der Waals surface area contributed by atoms with Crippen LogP contribution in [0.1, 0.15) is 29.9 Å². The summed E-state index contributed by atoms with van der Waals surface area (Å²) in [5.41, 5.74) is 3.82. The van der Waals surface area contributed by atoms with E-state index in [0.717, 1.165) is 33.1 Å². The van der Waals surface area contributed by atoms with Gasteiger partial charge in [-0.05, 0) is 37.1 Å². The third-order valence-electron chi connectivity index (χ3n) is 3.60. The van der Waals surface area contributed by atoms with E-state index in [-0.39, 0.29) is 6.04 Å². The van der Waals surface area contributed by atoms with Crippen molar-refractivity contribution in [3.05, 3.63) is 58.5 Å². The SMILES string of the molecule is Cc1cnc2c(c1)nc(CCl)n2C(C)c1ccccc1Cl. The van der Waals surface area contributed by atoms with Crippen LogP contribution in [-0.2, 0) is 5.88 Å². The zero-order chi connectivity index (χ0) is 15.0. The first kappa shape index (κ1) is 14.4. The van der Waals surface area contributed by atoms with Gasteiger partial charge in [0.15, 0.2) is 5.65 Å². The summed E-state index contributed by atoms with van der Waals surface area (Å²) in [6.45, 7) is 4.09. The molecule has 3 nitrogen and oxygen atoms in total. The van der Waals surface area contributed by atoms with Crippen LogP contribution in [0.3, 0.4) is 0 Å². The van der Waals surface area contributed by atoms with Gasteiger partial charge in [0, 0.05) is 11.2 Å². The van der Waals surface area contributed by atoms with Crippen LogP contribution < -0.4 is 0 Å². The minimum absolute atomic E-state index is 0.0210. The fourth-order valence-electron chi connectivity index (χ4n) is 2.58. The predicted octanol–water partition coefficient (Wildman–Crippen LogP) is 4.74. The number of nitrogens with zero attached hydrogens (tertiary/aromatic N) is 3. The Morgan fingerprint density at radius 3 is 2.76 bits per heavy atom. The van der Waals surface area contributed by atoms with Crippen molar-refractivity contribution in [3.63, 3.8) is 0 Å². The number of alkyl halides is 1. The van der Waals surface area contributed by atoms with Gasteiger partial charge in [-0.3, -0.25) is 0 Å². The van der Waals surface area contributed by atoms with Crippen LogP contribution in [0.25, 0.3) is 11.2 Å². The number of imidazole rings is 1. The molecule has 1 atom stereocenters. The molecule has 3 aromatic rings. The molecular formula is C16H15Cl2N3. The van der Waals surface area contributed by atoms with Crippen molar-refractivity contribution in [3.8, 4) is 0 Å². The van der Waals surface area contributed by atoms with Crippen LogP contribution in [0.15, 0.2) is 36.5 Å². The number of fused-ring (bicyclic) bond motifs is 1. The molecule has 1 aromatic carbocycles. The maximum atomic E-state index is 6.32. The van der Waals surface area contributed by atoms with Gasteiger partial charge in [-0.25, -0.2) is 9.97 Å². The summed E-state index contributed by atoms with van der Waals surface area (Å²) in [5.74, 6) is 1.14. The Kier molecular flexibility index (Phi) is 3.87. The molecule has 2 heterocycles. The van der Waals surface area contributed by atoms with Crippen LogP contribution in [0.2, 0.25) is 5.02 Å². The predicted molar refractivity (Wildman–Crippen MR) is 87.1 cm³/mol. The third-order valence-corrected chi connectivity index (χ3v) is 4.19. The molecule has 0 fully saturated rings. The monoisotopic (exact) mass is 319 g/mol. The molecule has 2 aromatic heterocycles. The molecule has 0 aliphatic rings. The normalized spacial score (nSPS) is 12.8. The Morgan fingerprint density at radius 2 is 2.05 bits per heavy atom. The van der Waals surface area contributed by atoms with Crippen LogP contribution in [0.4, 0.5) is 0 Å². The van der Waals surface area contributed by atoms with Gasteiger partial charge in [0.25, 0.3) is 0 Å². The summed E-state index contributed by atoms with van der Waals surface area (Å²) in [6, 6.07) is 9.86. The molecule has 21 heavy (non-hydrogen) atoms. The van der Waals surface area contributed by atoms with Gasteiger partial charge < -0.3 is 4.57 Å². The maximum absolute atomic E-state index is 6.32. The molecular weight excluding hydrogens is 305 g/mol. The van der Waals surface area contributed by atoms with E-state index in [1.54, 1.807) is 0 Å². The standard InChI is InChI=1S/C16H15Cl2N3/c1-10-7-14-16(19-9-10)21(15(8-17)20-14)11(2)12-5-3-4-6-13(12)18/h3-7,9,11H,8H2,1-2H3. The molecule has 5 heteroatoms. The van der Waals surface area contributed by atoms with E-state index in [1.165, 1.54) is 0 Å². The summed E-state index contributed by atoms with van der Waals surface area (Å²) in [6.07, 6.45) is 1.85. The second-order valence-electron chi connectivity index (χ2n) is 5.08. The largest absolute Gasteiger partial charge is 0.304 e. The van der Waals surface area contributed by atoms with E-state index >= 15 is 0 Å². The van der Waals surface area contributed by atoms with Crippen molar-refractivity contribution in [1.82, 2.24) is 14.5 Å². The average molecular weight is 320 g/mol. The first-order valence-electron chi connectivity index (χ1n) is 6.75. The minimum atomic E-state index is 0.0210. The average Bonchev–Trinajstić information content (AvgIpc) is 2.84. The highest BCUT2D eigenvalue weighted by molar-refractivity contribution is 6.31. The highest BCUT2D eigenvalue weighted by Gasteiger charge is 2.19. The van der Waals surface area contributed by atoms with Crippen molar-refractivity contribution in [1.29, 1.82) is 0 Å². The Labute approximate surface area is 133 Å². The summed E-state index contributed by atoms with van der Waals surface area (Å²) in [5, 5.41) is 0.736. The Hall–Kier alpha value is -1.58. The topological polar surface area (TPSA) is 30.7 Å². The fourth-order valence-corrected chi connectivity index (χ4v) is 3.07. The quantitative estimate of drug-likeness (QED) is 0.653. The van der Waals surface area contributed by atoms with Gasteiger partial charge in [-0.2, -0.15) is 0 Å². The maximum Gasteiger partial charge on any atom is 0.160 e. The van der Waals surface area contributed by atoms with Crippen molar-refractivity contribution < 1.29 is 0 Å². The molecule has 0 spiro atoms. The summed E-state index contributed by atoms with van der Waals surface area (Å²) >= 11 is 12.4. The van der Waals surface area contributed by atoms with Crippen molar-refractivity contribution in [2.75, 3.05) is 0 Å². The number of hydrogen-bond donors (Lipinski definition) is 0. The minimum Gasteiger partial charge on any atom is -0.304 e. The molecule has 3 rings (SSSR count).